The number of aryl methyl sites for hydroxylation is 1. The molecule has 0 aromatic carbocycles. The molecule has 2 amide bonds. The van der Waals surface area contributed by atoms with E-state index in [2.05, 4.69) is 4.98 Å². The topological polar surface area (TPSA) is 55.2 Å². The zero-order valence-electron chi connectivity index (χ0n) is 11.0. The first-order valence-electron chi connectivity index (χ1n) is 7.08. The Balaban J connectivity index is 1.58. The largest absolute Gasteiger partial charge is 0.337 e. The molecule has 2 fully saturated rings. The van der Waals surface area contributed by atoms with E-state index in [-0.39, 0.29) is 23.7 Å². The minimum absolute atomic E-state index is 0.0190. The average molecular weight is 261 g/mol. The molecule has 2 atom stereocenters. The quantitative estimate of drug-likeness (QED) is 0.771. The van der Waals surface area contributed by atoms with Crippen LogP contribution in [0.1, 0.15) is 32.1 Å². The van der Waals surface area contributed by atoms with Crippen molar-refractivity contribution in [1.82, 2.24) is 14.5 Å². The van der Waals surface area contributed by atoms with Crippen LogP contribution in [-0.2, 0) is 16.1 Å². The van der Waals surface area contributed by atoms with Crippen LogP contribution in [0.4, 0.5) is 0 Å². The molecule has 0 bridgehead atoms. The predicted molar refractivity (Wildman–Crippen MR) is 69.0 cm³/mol. The van der Waals surface area contributed by atoms with Crippen molar-refractivity contribution < 1.29 is 9.59 Å². The number of rotatable bonds is 4. The number of hydrogen-bond donors (Lipinski definition) is 0. The van der Waals surface area contributed by atoms with Crippen molar-refractivity contribution in [3.8, 4) is 0 Å². The third kappa shape index (κ3) is 2.29. The van der Waals surface area contributed by atoms with Gasteiger partial charge in [-0.05, 0) is 19.3 Å². The third-order valence-corrected chi connectivity index (χ3v) is 4.29. The summed E-state index contributed by atoms with van der Waals surface area (Å²) in [5.41, 5.74) is 0. The van der Waals surface area contributed by atoms with Crippen LogP contribution >= 0.6 is 0 Å². The second-order valence-electron chi connectivity index (χ2n) is 5.48. The fraction of sp³-hybridized carbons (Fsp3) is 0.643. The molecular weight excluding hydrogens is 242 g/mol. The number of carbonyl (C=O) groups excluding carboxylic acids is 2. The van der Waals surface area contributed by atoms with Gasteiger partial charge in [-0.2, -0.15) is 0 Å². The zero-order valence-corrected chi connectivity index (χ0v) is 11.0. The molecule has 2 heterocycles. The van der Waals surface area contributed by atoms with E-state index in [0.717, 1.165) is 38.6 Å². The Hall–Kier alpha value is -1.65. The van der Waals surface area contributed by atoms with Crippen molar-refractivity contribution in [2.45, 2.75) is 38.6 Å². The Morgan fingerprint density at radius 1 is 1.11 bits per heavy atom. The first-order chi connectivity index (χ1) is 9.27. The van der Waals surface area contributed by atoms with Crippen molar-refractivity contribution in [1.29, 1.82) is 0 Å². The molecule has 0 N–H and O–H groups in total. The van der Waals surface area contributed by atoms with Gasteiger partial charge in [0, 0.05) is 25.5 Å². The van der Waals surface area contributed by atoms with Crippen molar-refractivity contribution in [3.63, 3.8) is 0 Å². The Morgan fingerprint density at radius 3 is 2.37 bits per heavy atom. The summed E-state index contributed by atoms with van der Waals surface area (Å²) in [6.45, 7) is 1.34. The van der Waals surface area contributed by atoms with Crippen molar-refractivity contribution in [2.75, 3.05) is 6.54 Å². The molecule has 1 aromatic rings. The van der Waals surface area contributed by atoms with Gasteiger partial charge in [-0.25, -0.2) is 4.98 Å². The van der Waals surface area contributed by atoms with Crippen molar-refractivity contribution >= 4 is 11.8 Å². The molecule has 1 aromatic heterocycles. The number of amides is 2. The molecule has 3 rings (SSSR count). The SMILES string of the molecule is O=C1[C@H]2CCCC[C@@H]2C(=O)N1CCCn1ccnc1. The average Bonchev–Trinajstić information content (AvgIpc) is 3.02. The van der Waals surface area contributed by atoms with E-state index in [4.69, 9.17) is 0 Å². The first kappa shape index (κ1) is 12.4. The second kappa shape index (κ2) is 5.15. The van der Waals surface area contributed by atoms with Gasteiger partial charge in [-0.15, -0.1) is 0 Å². The van der Waals surface area contributed by atoms with Crippen LogP contribution < -0.4 is 0 Å². The van der Waals surface area contributed by atoms with Crippen LogP contribution in [0.2, 0.25) is 0 Å². The molecule has 1 saturated heterocycles. The van der Waals surface area contributed by atoms with Gasteiger partial charge in [0.2, 0.25) is 11.8 Å². The Labute approximate surface area is 112 Å². The lowest BCUT2D eigenvalue weighted by Crippen LogP contribution is -2.32. The molecule has 1 aliphatic carbocycles. The standard InChI is InChI=1S/C14H19N3O2/c18-13-11-4-1-2-5-12(11)14(19)17(13)8-3-7-16-9-6-15-10-16/h6,9-12H,1-5,7-8H2/t11-,12-/m0/s1. The zero-order chi connectivity index (χ0) is 13.2. The highest BCUT2D eigenvalue weighted by molar-refractivity contribution is 6.05. The van der Waals surface area contributed by atoms with Crippen molar-refractivity contribution in [3.05, 3.63) is 18.7 Å². The highest BCUT2D eigenvalue weighted by Crippen LogP contribution is 2.37. The summed E-state index contributed by atoms with van der Waals surface area (Å²) in [5.74, 6) is 0.102. The lowest BCUT2D eigenvalue weighted by atomic mass is 9.81. The maximum atomic E-state index is 12.2. The molecule has 0 radical (unpaired) electrons. The Bertz CT molecular complexity index is 445. The predicted octanol–water partition coefficient (Wildman–Crippen LogP) is 1.45. The van der Waals surface area contributed by atoms with Crippen LogP contribution in [0.5, 0.6) is 0 Å². The van der Waals surface area contributed by atoms with E-state index >= 15 is 0 Å². The molecule has 1 saturated carbocycles. The van der Waals surface area contributed by atoms with Gasteiger partial charge in [-0.1, -0.05) is 12.8 Å². The fourth-order valence-corrected chi connectivity index (χ4v) is 3.28. The Kier molecular flexibility index (Phi) is 3.36. The lowest BCUT2D eigenvalue weighted by Gasteiger charge is -2.19. The number of hydrogen-bond acceptors (Lipinski definition) is 3. The number of imidazole rings is 1. The number of likely N-dealkylation sites (tertiary alicyclic amines) is 1. The van der Waals surface area contributed by atoms with Gasteiger partial charge >= 0.3 is 0 Å². The van der Waals surface area contributed by atoms with Gasteiger partial charge in [0.1, 0.15) is 0 Å². The molecule has 0 spiro atoms. The Morgan fingerprint density at radius 2 is 1.79 bits per heavy atom. The molecule has 5 heteroatoms. The van der Waals surface area contributed by atoms with E-state index < -0.39 is 0 Å². The van der Waals surface area contributed by atoms with E-state index in [1.807, 2.05) is 10.8 Å². The summed E-state index contributed by atoms with van der Waals surface area (Å²) in [5, 5.41) is 0. The number of nitrogens with zero attached hydrogens (tertiary/aromatic N) is 3. The van der Waals surface area contributed by atoms with Gasteiger partial charge in [-0.3, -0.25) is 14.5 Å². The molecular formula is C14H19N3O2. The van der Waals surface area contributed by atoms with E-state index in [9.17, 15) is 9.59 Å². The summed E-state index contributed by atoms with van der Waals surface area (Å²) in [6.07, 6.45) is 10.2. The maximum Gasteiger partial charge on any atom is 0.233 e. The molecule has 0 unspecified atom stereocenters. The van der Waals surface area contributed by atoms with E-state index in [1.165, 1.54) is 4.90 Å². The lowest BCUT2D eigenvalue weighted by molar-refractivity contribution is -0.140. The van der Waals surface area contributed by atoms with Gasteiger partial charge in [0.05, 0.1) is 18.2 Å². The van der Waals surface area contributed by atoms with Gasteiger partial charge in [0.15, 0.2) is 0 Å². The highest BCUT2D eigenvalue weighted by Gasteiger charge is 2.47. The molecule has 1 aliphatic heterocycles. The number of carbonyl (C=O) groups is 2. The number of aromatic nitrogens is 2. The fourth-order valence-electron chi connectivity index (χ4n) is 3.28. The van der Waals surface area contributed by atoms with E-state index in [1.54, 1.807) is 12.5 Å². The van der Waals surface area contributed by atoms with Crippen molar-refractivity contribution in [2.24, 2.45) is 11.8 Å². The van der Waals surface area contributed by atoms with Gasteiger partial charge < -0.3 is 4.57 Å². The monoisotopic (exact) mass is 261 g/mol. The minimum Gasteiger partial charge on any atom is -0.337 e. The molecule has 102 valence electrons. The van der Waals surface area contributed by atoms with Gasteiger partial charge in [0.25, 0.3) is 0 Å². The normalized spacial score (nSPS) is 26.8. The summed E-state index contributed by atoms with van der Waals surface area (Å²) in [4.78, 5) is 29.9. The van der Waals surface area contributed by atoms with Crippen LogP contribution in [-0.4, -0.2) is 32.8 Å². The number of imide groups is 1. The third-order valence-electron chi connectivity index (χ3n) is 4.29. The first-order valence-corrected chi connectivity index (χ1v) is 7.08. The van der Waals surface area contributed by atoms with E-state index in [0.29, 0.717) is 6.54 Å². The highest BCUT2D eigenvalue weighted by atomic mass is 16.2. The summed E-state index contributed by atoms with van der Waals surface area (Å²) >= 11 is 0. The smallest absolute Gasteiger partial charge is 0.233 e. The second-order valence-corrected chi connectivity index (χ2v) is 5.48. The summed E-state index contributed by atoms with van der Waals surface area (Å²) in [7, 11) is 0. The summed E-state index contributed by atoms with van der Waals surface area (Å²) in [6, 6.07) is 0. The molecule has 5 nitrogen and oxygen atoms in total. The minimum atomic E-state index is -0.0190. The van der Waals surface area contributed by atoms with Crippen LogP contribution in [0, 0.1) is 11.8 Å². The summed E-state index contributed by atoms with van der Waals surface area (Å²) < 4.78 is 1.97. The van der Waals surface area contributed by atoms with Crippen LogP contribution in [0.15, 0.2) is 18.7 Å². The maximum absolute atomic E-state index is 12.2. The molecule has 2 aliphatic rings. The molecule has 19 heavy (non-hydrogen) atoms. The number of fused-ring (bicyclic) bond motifs is 1. The van der Waals surface area contributed by atoms with Crippen LogP contribution in [0.25, 0.3) is 0 Å². The van der Waals surface area contributed by atoms with Crippen LogP contribution in [0.3, 0.4) is 0 Å².